The maximum absolute atomic E-state index is 14.2. The first-order valence-electron chi connectivity index (χ1n) is 14.6. The molecule has 45 heavy (non-hydrogen) atoms. The van der Waals surface area contributed by atoms with E-state index in [2.05, 4.69) is 5.32 Å². The van der Waals surface area contributed by atoms with Crippen molar-refractivity contribution in [1.82, 2.24) is 14.5 Å². The minimum Gasteiger partial charge on any atom is -0.467 e. The molecule has 0 aromatic heterocycles. The Morgan fingerprint density at radius 1 is 1.04 bits per heavy atom. The normalized spacial score (nSPS) is 16.8. The highest BCUT2D eigenvalue weighted by Crippen LogP contribution is 2.31. The molecule has 1 aliphatic heterocycles. The van der Waals surface area contributed by atoms with Crippen LogP contribution in [0.15, 0.2) is 71.6 Å². The topological polar surface area (TPSA) is 156 Å². The first-order chi connectivity index (χ1) is 21.2. The number of amides is 2. The van der Waals surface area contributed by atoms with Gasteiger partial charge in [0.2, 0.25) is 11.8 Å². The van der Waals surface area contributed by atoms with Crippen LogP contribution in [-0.4, -0.2) is 79.2 Å². The Morgan fingerprint density at radius 3 is 2.38 bits per heavy atom. The van der Waals surface area contributed by atoms with Crippen LogP contribution in [0.2, 0.25) is 0 Å². The van der Waals surface area contributed by atoms with Crippen LogP contribution >= 0.6 is 0 Å². The molecule has 3 aromatic carbocycles. The third-order valence-electron chi connectivity index (χ3n) is 7.65. The number of carbonyl (C=O) groups excluding carboxylic acids is 3. The third kappa shape index (κ3) is 7.84. The number of nitro benzene ring substituents is 1. The van der Waals surface area contributed by atoms with E-state index >= 15 is 0 Å². The number of fused-ring (bicyclic) bond motifs is 1. The number of carbonyl (C=O) groups is 3. The summed E-state index contributed by atoms with van der Waals surface area (Å²) in [5.41, 5.74) is -0.133. The van der Waals surface area contributed by atoms with Gasteiger partial charge in [-0.15, -0.1) is 0 Å². The number of para-hydroxylation sites is 1. The largest absolute Gasteiger partial charge is 0.467 e. The fraction of sp³-hybridized carbons (Fsp3) is 0.406. The lowest BCUT2D eigenvalue weighted by Gasteiger charge is -2.42. The molecule has 0 spiro atoms. The summed E-state index contributed by atoms with van der Waals surface area (Å²) in [6, 6.07) is 16.0. The number of piperazine rings is 1. The van der Waals surface area contributed by atoms with Crippen LogP contribution in [0.1, 0.15) is 39.2 Å². The molecule has 0 bridgehead atoms. The quantitative estimate of drug-likeness (QED) is 0.189. The Balaban J connectivity index is 1.67. The van der Waals surface area contributed by atoms with E-state index in [0.717, 1.165) is 32.8 Å². The van der Waals surface area contributed by atoms with Gasteiger partial charge in [0.05, 0.1) is 12.0 Å². The fourth-order valence-electron chi connectivity index (χ4n) is 5.54. The van der Waals surface area contributed by atoms with E-state index in [4.69, 9.17) is 4.74 Å². The standard InChI is InChI=1S/C32H38N4O8S/c1-32(2,3)21-29(37)33-16-15-26-30(38)34(17-18-35(26)45(42,43)28-12-8-7-11-25(28)36(40)41)27(31(39)44-4)20-22-13-14-23-9-5-6-10-24(23)19-22/h5-14,19,26-27H,15-18,20-21H2,1-4H3,(H,33,37)/t26-,27-/m0/s1. The highest BCUT2D eigenvalue weighted by molar-refractivity contribution is 7.89. The van der Waals surface area contributed by atoms with Crippen LogP contribution in [0.4, 0.5) is 5.69 Å². The van der Waals surface area contributed by atoms with E-state index in [9.17, 15) is 32.9 Å². The Labute approximate surface area is 262 Å². The van der Waals surface area contributed by atoms with Gasteiger partial charge >= 0.3 is 5.97 Å². The third-order valence-corrected chi connectivity index (χ3v) is 9.60. The SMILES string of the molecule is COC(=O)[C@H](Cc1ccc2ccccc2c1)N1CCN(S(=O)(=O)c2ccccc2[N+](=O)[O-])[C@@H](CCNC(=O)CC(C)(C)C)C1=O. The number of methoxy groups -OCH3 is 1. The zero-order chi connectivity index (χ0) is 32.9. The summed E-state index contributed by atoms with van der Waals surface area (Å²) in [7, 11) is -3.32. The molecule has 1 fully saturated rings. The molecule has 2 amide bonds. The van der Waals surface area contributed by atoms with Gasteiger partial charge in [0, 0.05) is 38.5 Å². The summed E-state index contributed by atoms with van der Waals surface area (Å²) in [4.78, 5) is 51.5. The molecule has 1 saturated heterocycles. The Kier molecular flexibility index (Phi) is 10.2. The molecule has 0 radical (unpaired) electrons. The molecule has 1 aliphatic rings. The van der Waals surface area contributed by atoms with Crippen molar-refractivity contribution in [3.05, 3.63) is 82.4 Å². The van der Waals surface area contributed by atoms with E-state index < -0.39 is 49.5 Å². The highest BCUT2D eigenvalue weighted by atomic mass is 32.2. The predicted molar refractivity (Wildman–Crippen MR) is 168 cm³/mol. The summed E-state index contributed by atoms with van der Waals surface area (Å²) in [6.45, 7) is 5.29. The summed E-state index contributed by atoms with van der Waals surface area (Å²) >= 11 is 0. The van der Waals surface area contributed by atoms with E-state index in [-0.39, 0.29) is 50.2 Å². The molecule has 12 nitrogen and oxygen atoms in total. The maximum atomic E-state index is 14.2. The van der Waals surface area contributed by atoms with Crippen molar-refractivity contribution in [1.29, 1.82) is 0 Å². The second-order valence-electron chi connectivity index (χ2n) is 12.2. The molecule has 240 valence electrons. The van der Waals surface area contributed by atoms with Gasteiger partial charge in [-0.3, -0.25) is 19.7 Å². The first-order valence-corrected chi connectivity index (χ1v) is 16.0. The summed E-state index contributed by atoms with van der Waals surface area (Å²) in [5.74, 6) is -1.59. The van der Waals surface area contributed by atoms with Crippen molar-refractivity contribution in [2.45, 2.75) is 57.0 Å². The van der Waals surface area contributed by atoms with Gasteiger partial charge in [0.1, 0.15) is 12.1 Å². The lowest BCUT2D eigenvalue weighted by Crippen LogP contribution is -2.63. The summed E-state index contributed by atoms with van der Waals surface area (Å²) in [6.07, 6.45) is 0.219. The van der Waals surface area contributed by atoms with Crippen LogP contribution < -0.4 is 5.32 Å². The second-order valence-corrected chi connectivity index (χ2v) is 14.0. The number of nitro groups is 1. The van der Waals surface area contributed by atoms with Crippen LogP contribution in [0.3, 0.4) is 0 Å². The number of nitrogens with zero attached hydrogens (tertiary/aromatic N) is 3. The second kappa shape index (κ2) is 13.7. The maximum Gasteiger partial charge on any atom is 0.328 e. The van der Waals surface area contributed by atoms with E-state index in [1.807, 2.05) is 63.2 Å². The molecule has 3 aromatic rings. The van der Waals surface area contributed by atoms with Crippen molar-refractivity contribution in [3.63, 3.8) is 0 Å². The molecule has 1 N–H and O–H groups in total. The van der Waals surface area contributed by atoms with E-state index in [1.165, 1.54) is 24.1 Å². The molecule has 1 heterocycles. The summed E-state index contributed by atoms with van der Waals surface area (Å²) in [5, 5.41) is 16.4. The van der Waals surface area contributed by atoms with Gasteiger partial charge < -0.3 is 15.0 Å². The van der Waals surface area contributed by atoms with Crippen molar-refractivity contribution < 1.29 is 32.5 Å². The van der Waals surface area contributed by atoms with Crippen molar-refractivity contribution in [3.8, 4) is 0 Å². The number of esters is 1. The first kappa shape index (κ1) is 33.5. The molecule has 2 atom stereocenters. The number of ether oxygens (including phenoxy) is 1. The molecule has 0 unspecified atom stereocenters. The zero-order valence-corrected chi connectivity index (χ0v) is 26.6. The fourth-order valence-corrected chi connectivity index (χ4v) is 7.30. The lowest BCUT2D eigenvalue weighted by molar-refractivity contribution is -0.387. The molecule has 4 rings (SSSR count). The molecular formula is C32H38N4O8S. The number of nitrogens with one attached hydrogen (secondary N) is 1. The van der Waals surface area contributed by atoms with Gasteiger partial charge in [-0.25, -0.2) is 13.2 Å². The van der Waals surface area contributed by atoms with Gasteiger partial charge in [-0.05, 0) is 34.2 Å². The lowest BCUT2D eigenvalue weighted by atomic mass is 9.92. The Bertz CT molecular complexity index is 1700. The smallest absolute Gasteiger partial charge is 0.328 e. The molecule has 0 aliphatic carbocycles. The van der Waals surface area contributed by atoms with E-state index in [0.29, 0.717) is 0 Å². The minimum atomic E-state index is -4.54. The average Bonchev–Trinajstić information content (AvgIpc) is 2.99. The van der Waals surface area contributed by atoms with Crippen molar-refractivity contribution in [2.75, 3.05) is 26.7 Å². The van der Waals surface area contributed by atoms with Crippen molar-refractivity contribution >= 4 is 44.3 Å². The van der Waals surface area contributed by atoms with Crippen LogP contribution in [0.5, 0.6) is 0 Å². The van der Waals surface area contributed by atoms with Gasteiger partial charge in [0.15, 0.2) is 4.90 Å². The molecular weight excluding hydrogens is 600 g/mol. The number of benzene rings is 3. The zero-order valence-electron chi connectivity index (χ0n) is 25.8. The minimum absolute atomic E-state index is 0.0321. The molecule has 13 heteroatoms. The van der Waals surface area contributed by atoms with E-state index in [1.54, 1.807) is 0 Å². The molecule has 0 saturated carbocycles. The van der Waals surface area contributed by atoms with Crippen LogP contribution in [-0.2, 0) is 35.6 Å². The summed E-state index contributed by atoms with van der Waals surface area (Å²) < 4.78 is 33.8. The number of hydrogen-bond donors (Lipinski definition) is 1. The predicted octanol–water partition coefficient (Wildman–Crippen LogP) is 3.68. The number of rotatable bonds is 11. The van der Waals surface area contributed by atoms with Gasteiger partial charge in [0.25, 0.3) is 15.7 Å². The van der Waals surface area contributed by atoms with Crippen LogP contribution in [0, 0.1) is 15.5 Å². The van der Waals surface area contributed by atoms with Crippen LogP contribution in [0.25, 0.3) is 10.8 Å². The van der Waals surface area contributed by atoms with Gasteiger partial charge in [-0.1, -0.05) is 75.4 Å². The number of hydrogen-bond acceptors (Lipinski definition) is 8. The Hall–Kier alpha value is -4.36. The average molecular weight is 639 g/mol. The van der Waals surface area contributed by atoms with Crippen molar-refractivity contribution in [2.24, 2.45) is 5.41 Å². The van der Waals surface area contributed by atoms with Gasteiger partial charge in [-0.2, -0.15) is 4.31 Å². The Morgan fingerprint density at radius 2 is 1.71 bits per heavy atom. The monoisotopic (exact) mass is 638 g/mol. The highest BCUT2D eigenvalue weighted by Gasteiger charge is 2.46. The number of sulfonamides is 1.